The molecule has 0 saturated carbocycles. The minimum absolute atomic E-state index is 0.563. The van der Waals surface area contributed by atoms with Crippen LogP contribution in [0.1, 0.15) is 11.1 Å². The molecule has 26 heavy (non-hydrogen) atoms. The number of benzene rings is 2. The predicted octanol–water partition coefficient (Wildman–Crippen LogP) is 5.53. The Morgan fingerprint density at radius 2 is 1.00 bits per heavy atom. The number of hydrogen-bond acceptors (Lipinski definition) is 4. The maximum atomic E-state index is 6.12. The number of hydrazone groups is 2. The third-order valence-corrected chi connectivity index (χ3v) is 4.83. The Balaban J connectivity index is 1.90. The van der Waals surface area contributed by atoms with Gasteiger partial charge in [0.1, 0.15) is 0 Å². The Bertz CT molecular complexity index is 700. The van der Waals surface area contributed by atoms with Crippen molar-refractivity contribution >= 4 is 58.8 Å². The zero-order valence-corrected chi connectivity index (χ0v) is 17.4. The molecule has 0 amide bonds. The standard InChI is InChI=1S/C18H18Cl4N4/c1-25(23-11-13-15(19)5-3-6-16(13)20)9-10-26(2)24-12-14-17(21)7-4-8-18(14)22/h3-8,11-12H,9-10H2,1-2H3/b23-11+,24-12+. The van der Waals surface area contributed by atoms with Gasteiger partial charge in [-0.25, -0.2) is 0 Å². The van der Waals surface area contributed by atoms with Crippen LogP contribution in [-0.2, 0) is 0 Å². The molecule has 138 valence electrons. The van der Waals surface area contributed by atoms with Crippen LogP contribution in [0.2, 0.25) is 20.1 Å². The molecule has 0 heterocycles. The molecular formula is C18H18Cl4N4. The van der Waals surface area contributed by atoms with Gasteiger partial charge in [0.25, 0.3) is 0 Å². The Morgan fingerprint density at radius 3 is 1.31 bits per heavy atom. The van der Waals surface area contributed by atoms with E-state index in [0.29, 0.717) is 44.3 Å². The van der Waals surface area contributed by atoms with Crippen LogP contribution in [0.5, 0.6) is 0 Å². The Hall–Kier alpha value is -1.46. The van der Waals surface area contributed by atoms with Crippen LogP contribution in [0.4, 0.5) is 0 Å². The third kappa shape index (κ3) is 6.06. The molecule has 0 bridgehead atoms. The number of likely N-dealkylation sites (N-methyl/N-ethyl adjacent to an activating group) is 2. The molecule has 0 radical (unpaired) electrons. The summed E-state index contributed by atoms with van der Waals surface area (Å²) < 4.78 is 0. The summed E-state index contributed by atoms with van der Waals surface area (Å²) in [6, 6.07) is 10.7. The normalized spacial score (nSPS) is 11.5. The smallest absolute Gasteiger partial charge is 0.0572 e. The first-order valence-corrected chi connectivity index (χ1v) is 9.28. The second kappa shape index (κ2) is 10.0. The first-order valence-electron chi connectivity index (χ1n) is 7.76. The van der Waals surface area contributed by atoms with E-state index in [9.17, 15) is 0 Å². The maximum Gasteiger partial charge on any atom is 0.0572 e. The lowest BCUT2D eigenvalue weighted by Crippen LogP contribution is -2.25. The zero-order valence-electron chi connectivity index (χ0n) is 14.3. The van der Waals surface area contributed by atoms with E-state index in [-0.39, 0.29) is 0 Å². The van der Waals surface area contributed by atoms with Gasteiger partial charge >= 0.3 is 0 Å². The fourth-order valence-corrected chi connectivity index (χ4v) is 2.98. The highest BCUT2D eigenvalue weighted by molar-refractivity contribution is 6.39. The first-order chi connectivity index (χ1) is 12.4. The van der Waals surface area contributed by atoms with Crippen molar-refractivity contribution in [3.8, 4) is 0 Å². The van der Waals surface area contributed by atoms with Crippen molar-refractivity contribution < 1.29 is 0 Å². The summed E-state index contributed by atoms with van der Waals surface area (Å²) in [4.78, 5) is 0. The Kier molecular flexibility index (Phi) is 8.04. The average Bonchev–Trinajstić information content (AvgIpc) is 2.59. The summed E-state index contributed by atoms with van der Waals surface area (Å²) >= 11 is 24.5. The van der Waals surface area contributed by atoms with Crippen molar-refractivity contribution in [3.05, 3.63) is 67.6 Å². The quantitative estimate of drug-likeness (QED) is 0.426. The molecule has 0 aromatic heterocycles. The van der Waals surface area contributed by atoms with E-state index >= 15 is 0 Å². The van der Waals surface area contributed by atoms with Crippen molar-refractivity contribution in [1.82, 2.24) is 10.0 Å². The number of halogens is 4. The van der Waals surface area contributed by atoms with Gasteiger partial charge in [0.05, 0.1) is 45.6 Å². The average molecular weight is 432 g/mol. The molecule has 0 aliphatic carbocycles. The van der Waals surface area contributed by atoms with E-state index in [4.69, 9.17) is 46.4 Å². The van der Waals surface area contributed by atoms with Crippen LogP contribution in [0, 0.1) is 0 Å². The maximum absolute atomic E-state index is 6.12. The molecule has 0 N–H and O–H groups in total. The van der Waals surface area contributed by atoms with Crippen LogP contribution >= 0.6 is 46.4 Å². The number of nitrogens with zero attached hydrogens (tertiary/aromatic N) is 4. The lowest BCUT2D eigenvalue weighted by Gasteiger charge is -2.18. The summed E-state index contributed by atoms with van der Waals surface area (Å²) in [5, 5.41) is 14.5. The SMILES string of the molecule is CN(CCN(C)/N=C/c1c(Cl)cccc1Cl)/N=C/c1c(Cl)cccc1Cl. The van der Waals surface area contributed by atoms with Crippen molar-refractivity contribution in [2.45, 2.75) is 0 Å². The molecule has 8 heteroatoms. The molecule has 0 atom stereocenters. The van der Waals surface area contributed by atoms with Gasteiger partial charge in [-0.15, -0.1) is 0 Å². The van der Waals surface area contributed by atoms with Gasteiger partial charge in [0, 0.05) is 25.2 Å². The molecule has 2 rings (SSSR count). The summed E-state index contributed by atoms with van der Waals surface area (Å²) in [5.41, 5.74) is 1.39. The minimum Gasteiger partial charge on any atom is -0.298 e. The highest BCUT2D eigenvalue weighted by Gasteiger charge is 2.04. The second-order valence-corrected chi connectivity index (χ2v) is 7.15. The second-order valence-electron chi connectivity index (χ2n) is 5.52. The van der Waals surface area contributed by atoms with Gasteiger partial charge in [-0.1, -0.05) is 58.5 Å². The van der Waals surface area contributed by atoms with Crippen LogP contribution in [0.3, 0.4) is 0 Å². The molecule has 0 unspecified atom stereocenters. The molecule has 2 aromatic carbocycles. The van der Waals surface area contributed by atoms with Gasteiger partial charge in [-0.3, -0.25) is 10.0 Å². The highest BCUT2D eigenvalue weighted by atomic mass is 35.5. The first kappa shape index (κ1) is 20.8. The van der Waals surface area contributed by atoms with Gasteiger partial charge in [-0.05, 0) is 24.3 Å². The molecule has 2 aromatic rings. The van der Waals surface area contributed by atoms with E-state index in [1.165, 1.54) is 0 Å². The monoisotopic (exact) mass is 430 g/mol. The Morgan fingerprint density at radius 1 is 0.692 bits per heavy atom. The van der Waals surface area contributed by atoms with E-state index in [0.717, 1.165) is 0 Å². The van der Waals surface area contributed by atoms with E-state index in [2.05, 4.69) is 10.2 Å². The van der Waals surface area contributed by atoms with Gasteiger partial charge < -0.3 is 0 Å². The molecule has 4 nitrogen and oxygen atoms in total. The molecule has 0 spiro atoms. The van der Waals surface area contributed by atoms with Crippen LogP contribution < -0.4 is 0 Å². The minimum atomic E-state index is 0.563. The van der Waals surface area contributed by atoms with Gasteiger partial charge in [0.15, 0.2) is 0 Å². The summed E-state index contributed by atoms with van der Waals surface area (Å²) in [6.45, 7) is 1.31. The lowest BCUT2D eigenvalue weighted by molar-refractivity contribution is 0.272. The molecule has 0 aliphatic heterocycles. The number of hydrogen-bond donors (Lipinski definition) is 0. The predicted molar refractivity (Wildman–Crippen MR) is 113 cm³/mol. The summed E-state index contributed by atoms with van der Waals surface area (Å²) in [5.74, 6) is 0. The fourth-order valence-electron chi connectivity index (χ4n) is 1.99. The van der Waals surface area contributed by atoms with Crippen LogP contribution in [0.25, 0.3) is 0 Å². The molecule has 0 fully saturated rings. The van der Waals surface area contributed by atoms with Crippen LogP contribution in [-0.4, -0.2) is 49.6 Å². The summed E-state index contributed by atoms with van der Waals surface area (Å²) in [7, 11) is 3.73. The van der Waals surface area contributed by atoms with Crippen molar-refractivity contribution in [2.75, 3.05) is 27.2 Å². The molecule has 0 aliphatic rings. The topological polar surface area (TPSA) is 31.2 Å². The van der Waals surface area contributed by atoms with Gasteiger partial charge in [-0.2, -0.15) is 10.2 Å². The third-order valence-electron chi connectivity index (χ3n) is 3.51. The zero-order chi connectivity index (χ0) is 19.1. The highest BCUT2D eigenvalue weighted by Crippen LogP contribution is 2.23. The molecular weight excluding hydrogens is 414 g/mol. The fraction of sp³-hybridized carbons (Fsp3) is 0.222. The van der Waals surface area contributed by atoms with E-state index < -0.39 is 0 Å². The molecule has 0 saturated heterocycles. The van der Waals surface area contributed by atoms with E-state index in [1.807, 2.05) is 14.1 Å². The van der Waals surface area contributed by atoms with Crippen LogP contribution in [0.15, 0.2) is 46.6 Å². The Labute approximate surface area is 173 Å². The van der Waals surface area contributed by atoms with Crippen molar-refractivity contribution in [1.29, 1.82) is 0 Å². The van der Waals surface area contributed by atoms with Gasteiger partial charge in [0.2, 0.25) is 0 Å². The summed E-state index contributed by atoms with van der Waals surface area (Å²) in [6.07, 6.45) is 3.30. The van der Waals surface area contributed by atoms with E-state index in [1.54, 1.807) is 58.8 Å². The van der Waals surface area contributed by atoms with Crippen molar-refractivity contribution in [3.63, 3.8) is 0 Å². The van der Waals surface area contributed by atoms with Crippen molar-refractivity contribution in [2.24, 2.45) is 10.2 Å². The lowest BCUT2D eigenvalue weighted by atomic mass is 10.2. The number of rotatable bonds is 7. The largest absolute Gasteiger partial charge is 0.298 e.